The fourth-order valence-corrected chi connectivity index (χ4v) is 2.11. The Kier molecular flexibility index (Phi) is 11.6. The monoisotopic (exact) mass is 377 g/mol. The van der Waals surface area contributed by atoms with Crippen LogP contribution in [0.1, 0.15) is 32.1 Å². The zero-order valence-corrected chi connectivity index (χ0v) is 14.8. The molecule has 144 valence electrons. The van der Waals surface area contributed by atoms with Gasteiger partial charge in [-0.2, -0.15) is 12.6 Å². The van der Waals surface area contributed by atoms with Gasteiger partial charge in [0.2, 0.25) is 17.7 Å². The number of carboxylic acid groups (broad SMARTS) is 1. The zero-order chi connectivity index (χ0) is 19.4. The molecular formula is C14H27N5O5S. The van der Waals surface area contributed by atoms with Crippen LogP contribution in [0.5, 0.6) is 0 Å². The molecule has 3 unspecified atom stereocenters. The summed E-state index contributed by atoms with van der Waals surface area (Å²) >= 11 is 3.90. The Bertz CT molecular complexity index is 477. The number of thiol groups is 1. The summed E-state index contributed by atoms with van der Waals surface area (Å²) in [6.07, 6.45) is 1.13. The number of aliphatic carboxylic acids is 1. The first-order valence-corrected chi connectivity index (χ1v) is 8.54. The second-order valence-electron chi connectivity index (χ2n) is 5.54. The van der Waals surface area contributed by atoms with E-state index in [0.717, 1.165) is 0 Å². The second kappa shape index (κ2) is 12.5. The minimum atomic E-state index is -1.20. The zero-order valence-electron chi connectivity index (χ0n) is 13.9. The molecule has 0 radical (unpaired) electrons. The summed E-state index contributed by atoms with van der Waals surface area (Å²) in [5, 5.41) is 13.9. The molecule has 25 heavy (non-hydrogen) atoms. The van der Waals surface area contributed by atoms with Gasteiger partial charge in [0, 0.05) is 12.2 Å². The lowest BCUT2D eigenvalue weighted by molar-refractivity contribution is -0.142. The highest BCUT2D eigenvalue weighted by molar-refractivity contribution is 7.80. The summed E-state index contributed by atoms with van der Waals surface area (Å²) in [5.74, 6) is -3.14. The van der Waals surface area contributed by atoms with Gasteiger partial charge >= 0.3 is 5.97 Å². The number of primary amides is 1. The van der Waals surface area contributed by atoms with Crippen LogP contribution in [0.3, 0.4) is 0 Å². The molecule has 9 N–H and O–H groups in total. The van der Waals surface area contributed by atoms with Crippen LogP contribution in [0.15, 0.2) is 0 Å². The van der Waals surface area contributed by atoms with Crippen molar-refractivity contribution in [3.63, 3.8) is 0 Å². The van der Waals surface area contributed by atoms with Gasteiger partial charge in [0.05, 0.1) is 6.04 Å². The maximum Gasteiger partial charge on any atom is 0.326 e. The summed E-state index contributed by atoms with van der Waals surface area (Å²) < 4.78 is 0. The fourth-order valence-electron chi connectivity index (χ4n) is 1.94. The molecule has 11 heteroatoms. The lowest BCUT2D eigenvalue weighted by atomic mass is 10.1. The van der Waals surface area contributed by atoms with Crippen molar-refractivity contribution in [2.75, 3.05) is 12.3 Å². The number of carbonyl (C=O) groups is 4. The van der Waals surface area contributed by atoms with Crippen molar-refractivity contribution < 1.29 is 24.3 Å². The first-order chi connectivity index (χ1) is 11.7. The Hall–Kier alpha value is -1.85. The molecular weight excluding hydrogens is 350 g/mol. The number of amides is 3. The molecule has 0 aliphatic heterocycles. The summed E-state index contributed by atoms with van der Waals surface area (Å²) in [4.78, 5) is 46.4. The van der Waals surface area contributed by atoms with Crippen molar-refractivity contribution in [3.8, 4) is 0 Å². The van der Waals surface area contributed by atoms with Gasteiger partial charge in [-0.25, -0.2) is 4.79 Å². The summed E-state index contributed by atoms with van der Waals surface area (Å²) in [5.41, 5.74) is 16.0. The highest BCUT2D eigenvalue weighted by Gasteiger charge is 2.27. The summed E-state index contributed by atoms with van der Waals surface area (Å²) in [6, 6.07) is -3.18. The van der Waals surface area contributed by atoms with Gasteiger partial charge in [0.15, 0.2) is 0 Å². The predicted molar refractivity (Wildman–Crippen MR) is 94.7 cm³/mol. The molecule has 0 saturated carbocycles. The standard InChI is InChI=1S/C14H27N5O5S/c15-6-2-1-3-10(14(23)24)19-13(22)9(4-5-11(17)20)18-12(21)8(16)7-25/h8-10,25H,1-7,15-16H2,(H2,17,20)(H,18,21)(H,19,22)(H,23,24). The molecule has 0 aromatic rings. The average molecular weight is 377 g/mol. The van der Waals surface area contributed by atoms with Gasteiger partial charge in [-0.15, -0.1) is 0 Å². The topological polar surface area (TPSA) is 191 Å². The van der Waals surface area contributed by atoms with E-state index in [1.807, 2.05) is 0 Å². The minimum absolute atomic E-state index is 0.0623. The first kappa shape index (κ1) is 23.1. The molecule has 0 aromatic heterocycles. The Balaban J connectivity index is 4.94. The third-order valence-corrected chi connectivity index (χ3v) is 3.80. The van der Waals surface area contributed by atoms with E-state index in [1.165, 1.54) is 0 Å². The maximum absolute atomic E-state index is 12.3. The van der Waals surface area contributed by atoms with Crippen molar-refractivity contribution >= 4 is 36.3 Å². The number of carboxylic acids is 1. The molecule has 0 bridgehead atoms. The summed E-state index contributed by atoms with van der Waals surface area (Å²) in [6.45, 7) is 0.416. The van der Waals surface area contributed by atoms with E-state index in [1.54, 1.807) is 0 Å². The molecule has 0 fully saturated rings. The molecule has 0 aliphatic carbocycles. The van der Waals surface area contributed by atoms with Crippen molar-refractivity contribution in [2.24, 2.45) is 17.2 Å². The van der Waals surface area contributed by atoms with Crippen LogP contribution in [0.2, 0.25) is 0 Å². The van der Waals surface area contributed by atoms with Gasteiger partial charge in [0.25, 0.3) is 0 Å². The molecule has 0 saturated heterocycles. The third-order valence-electron chi connectivity index (χ3n) is 3.41. The van der Waals surface area contributed by atoms with Gasteiger partial charge in [-0.1, -0.05) is 0 Å². The predicted octanol–water partition coefficient (Wildman–Crippen LogP) is -2.31. The largest absolute Gasteiger partial charge is 0.480 e. The third kappa shape index (κ3) is 9.89. The molecule has 0 aliphatic rings. The van der Waals surface area contributed by atoms with E-state index in [-0.39, 0.29) is 25.0 Å². The number of hydrogen-bond donors (Lipinski definition) is 7. The van der Waals surface area contributed by atoms with Crippen molar-refractivity contribution in [1.82, 2.24) is 10.6 Å². The minimum Gasteiger partial charge on any atom is -0.480 e. The number of nitrogens with one attached hydrogen (secondary N) is 2. The van der Waals surface area contributed by atoms with Gasteiger partial charge < -0.3 is 32.9 Å². The molecule has 0 rings (SSSR count). The number of nitrogens with two attached hydrogens (primary N) is 3. The van der Waals surface area contributed by atoms with Gasteiger partial charge in [-0.05, 0) is 32.2 Å². The van der Waals surface area contributed by atoms with E-state index in [0.29, 0.717) is 19.4 Å². The maximum atomic E-state index is 12.3. The number of hydrogen-bond acceptors (Lipinski definition) is 7. The van der Waals surface area contributed by atoms with Crippen molar-refractivity contribution in [3.05, 3.63) is 0 Å². The van der Waals surface area contributed by atoms with Crippen LogP contribution >= 0.6 is 12.6 Å². The number of rotatable bonds is 13. The van der Waals surface area contributed by atoms with Crippen LogP contribution < -0.4 is 27.8 Å². The summed E-state index contributed by atoms with van der Waals surface area (Å²) in [7, 11) is 0. The Morgan fingerprint density at radius 1 is 1.00 bits per heavy atom. The molecule has 10 nitrogen and oxygen atoms in total. The van der Waals surface area contributed by atoms with Crippen LogP contribution in [0.25, 0.3) is 0 Å². The molecule has 0 aromatic carbocycles. The quantitative estimate of drug-likeness (QED) is 0.138. The first-order valence-electron chi connectivity index (χ1n) is 7.91. The molecule has 3 atom stereocenters. The van der Waals surface area contributed by atoms with Gasteiger partial charge in [-0.3, -0.25) is 14.4 Å². The molecule has 0 spiro atoms. The normalized spacial score (nSPS) is 14.2. The number of carbonyl (C=O) groups excluding carboxylic acids is 3. The van der Waals surface area contributed by atoms with Crippen LogP contribution in [-0.2, 0) is 19.2 Å². The Labute approximate surface area is 151 Å². The second-order valence-corrected chi connectivity index (χ2v) is 5.90. The lowest BCUT2D eigenvalue weighted by Gasteiger charge is -2.22. The van der Waals surface area contributed by atoms with Crippen LogP contribution in [0, 0.1) is 0 Å². The Morgan fingerprint density at radius 2 is 1.60 bits per heavy atom. The Morgan fingerprint density at radius 3 is 2.08 bits per heavy atom. The number of unbranched alkanes of at least 4 members (excludes halogenated alkanes) is 1. The SMILES string of the molecule is NCCCCC(NC(=O)C(CCC(N)=O)NC(=O)C(N)CS)C(=O)O. The lowest BCUT2D eigenvalue weighted by Crippen LogP contribution is -2.55. The van der Waals surface area contributed by atoms with Gasteiger partial charge in [0.1, 0.15) is 12.1 Å². The molecule has 0 heterocycles. The van der Waals surface area contributed by atoms with Crippen molar-refractivity contribution in [2.45, 2.75) is 50.2 Å². The van der Waals surface area contributed by atoms with E-state index in [2.05, 4.69) is 23.3 Å². The van der Waals surface area contributed by atoms with Crippen molar-refractivity contribution in [1.29, 1.82) is 0 Å². The molecule has 3 amide bonds. The van der Waals surface area contributed by atoms with Crippen LogP contribution in [-0.4, -0.2) is 59.2 Å². The fraction of sp³-hybridized carbons (Fsp3) is 0.714. The average Bonchev–Trinajstić information content (AvgIpc) is 2.56. The van der Waals surface area contributed by atoms with E-state index in [9.17, 15) is 24.3 Å². The smallest absolute Gasteiger partial charge is 0.326 e. The highest BCUT2D eigenvalue weighted by atomic mass is 32.1. The highest BCUT2D eigenvalue weighted by Crippen LogP contribution is 2.04. The van der Waals surface area contributed by atoms with Crippen LogP contribution in [0.4, 0.5) is 0 Å². The van der Waals surface area contributed by atoms with E-state index >= 15 is 0 Å². The van der Waals surface area contributed by atoms with E-state index < -0.39 is 41.8 Å². The van der Waals surface area contributed by atoms with E-state index in [4.69, 9.17) is 17.2 Å².